The van der Waals surface area contributed by atoms with Crippen molar-refractivity contribution in [3.63, 3.8) is 0 Å². The zero-order chi connectivity index (χ0) is 13.1. The number of anilines is 1. The van der Waals surface area contributed by atoms with Gasteiger partial charge < -0.3 is 11.1 Å². The van der Waals surface area contributed by atoms with E-state index >= 15 is 0 Å². The first-order chi connectivity index (χ1) is 9.34. The fraction of sp³-hybridized carbons (Fsp3) is 0.143. The van der Waals surface area contributed by atoms with Crippen molar-refractivity contribution in [1.29, 1.82) is 0 Å². The lowest BCUT2D eigenvalue weighted by Crippen LogP contribution is -2.21. The van der Waals surface area contributed by atoms with E-state index < -0.39 is 0 Å². The van der Waals surface area contributed by atoms with Gasteiger partial charge in [0.2, 0.25) is 0 Å². The van der Waals surface area contributed by atoms with Crippen LogP contribution in [0, 0.1) is 0 Å². The third-order valence-electron chi connectivity index (χ3n) is 2.98. The van der Waals surface area contributed by atoms with Gasteiger partial charge in [0.1, 0.15) is 17.0 Å². The van der Waals surface area contributed by atoms with E-state index in [-0.39, 0.29) is 6.04 Å². The molecular weight excluding hydrogens is 256 g/mol. The molecule has 19 heavy (non-hydrogen) atoms. The molecule has 3 aromatic rings. The number of rotatable bonds is 4. The molecule has 0 radical (unpaired) electrons. The molecule has 0 spiro atoms. The van der Waals surface area contributed by atoms with Crippen LogP contribution < -0.4 is 11.1 Å². The molecule has 0 fully saturated rings. The number of thiophene rings is 1. The summed E-state index contributed by atoms with van der Waals surface area (Å²) in [6.07, 6.45) is 1.58. The number of benzene rings is 1. The molecule has 0 saturated heterocycles. The molecule has 4 nitrogen and oxygen atoms in total. The van der Waals surface area contributed by atoms with Gasteiger partial charge in [-0.1, -0.05) is 30.3 Å². The van der Waals surface area contributed by atoms with Crippen LogP contribution in [0.4, 0.5) is 5.82 Å². The molecular formula is C14H14N4S. The highest BCUT2D eigenvalue weighted by molar-refractivity contribution is 7.16. The van der Waals surface area contributed by atoms with Crippen LogP contribution in [0.15, 0.2) is 48.1 Å². The second-order valence-corrected chi connectivity index (χ2v) is 5.15. The smallest absolute Gasteiger partial charge is 0.138 e. The Hall–Kier alpha value is -1.98. The van der Waals surface area contributed by atoms with Gasteiger partial charge in [-0.25, -0.2) is 9.97 Å². The van der Waals surface area contributed by atoms with E-state index in [1.165, 1.54) is 0 Å². The fourth-order valence-electron chi connectivity index (χ4n) is 1.96. The van der Waals surface area contributed by atoms with Crippen molar-refractivity contribution < 1.29 is 0 Å². The Morgan fingerprint density at radius 2 is 2.00 bits per heavy atom. The summed E-state index contributed by atoms with van der Waals surface area (Å²) in [6, 6.07) is 12.0. The maximum absolute atomic E-state index is 6.16. The van der Waals surface area contributed by atoms with E-state index in [1.807, 2.05) is 41.8 Å². The minimum Gasteiger partial charge on any atom is -0.368 e. The maximum Gasteiger partial charge on any atom is 0.138 e. The van der Waals surface area contributed by atoms with Gasteiger partial charge in [0.25, 0.3) is 0 Å². The molecule has 0 aliphatic carbocycles. The Kier molecular flexibility index (Phi) is 3.39. The number of fused-ring (bicyclic) bond motifs is 1. The highest BCUT2D eigenvalue weighted by atomic mass is 32.1. The van der Waals surface area contributed by atoms with Crippen LogP contribution in [0.3, 0.4) is 0 Å². The van der Waals surface area contributed by atoms with Gasteiger partial charge in [-0.05, 0) is 17.0 Å². The Balaban J connectivity index is 1.74. The Bertz CT molecular complexity index is 665. The van der Waals surface area contributed by atoms with Crippen LogP contribution in [0.1, 0.15) is 11.6 Å². The van der Waals surface area contributed by atoms with Gasteiger partial charge in [-0.2, -0.15) is 0 Å². The summed E-state index contributed by atoms with van der Waals surface area (Å²) in [5, 5.41) is 6.37. The van der Waals surface area contributed by atoms with Gasteiger partial charge in [0, 0.05) is 12.6 Å². The zero-order valence-electron chi connectivity index (χ0n) is 10.3. The number of hydrogen-bond acceptors (Lipinski definition) is 5. The third-order valence-corrected chi connectivity index (χ3v) is 3.80. The molecule has 1 atom stereocenters. The summed E-state index contributed by atoms with van der Waals surface area (Å²) in [7, 11) is 0. The summed E-state index contributed by atoms with van der Waals surface area (Å²) in [6.45, 7) is 0.645. The van der Waals surface area contributed by atoms with Crippen LogP contribution >= 0.6 is 11.3 Å². The van der Waals surface area contributed by atoms with E-state index in [2.05, 4.69) is 15.3 Å². The molecule has 0 bridgehead atoms. The lowest BCUT2D eigenvalue weighted by Gasteiger charge is -2.13. The van der Waals surface area contributed by atoms with Crippen molar-refractivity contribution in [1.82, 2.24) is 9.97 Å². The molecule has 0 amide bonds. The lowest BCUT2D eigenvalue weighted by molar-refractivity contribution is 0.762. The van der Waals surface area contributed by atoms with Gasteiger partial charge in [0.15, 0.2) is 0 Å². The van der Waals surface area contributed by atoms with Crippen LogP contribution in [0.25, 0.3) is 10.2 Å². The predicted molar refractivity (Wildman–Crippen MR) is 79.3 cm³/mol. The second-order valence-electron chi connectivity index (χ2n) is 4.26. The molecule has 0 aliphatic rings. The van der Waals surface area contributed by atoms with Gasteiger partial charge in [-0.3, -0.25) is 0 Å². The monoisotopic (exact) mass is 270 g/mol. The van der Waals surface area contributed by atoms with Crippen molar-refractivity contribution in [3.05, 3.63) is 53.7 Å². The predicted octanol–water partition coefficient (Wildman–Crippen LogP) is 2.80. The van der Waals surface area contributed by atoms with Gasteiger partial charge >= 0.3 is 0 Å². The highest BCUT2D eigenvalue weighted by Gasteiger charge is 2.08. The average Bonchev–Trinajstić information content (AvgIpc) is 2.94. The largest absolute Gasteiger partial charge is 0.368 e. The van der Waals surface area contributed by atoms with Crippen molar-refractivity contribution in [2.45, 2.75) is 6.04 Å². The Morgan fingerprint density at radius 1 is 1.16 bits per heavy atom. The zero-order valence-corrected chi connectivity index (χ0v) is 11.1. The van der Waals surface area contributed by atoms with Crippen LogP contribution in [0.2, 0.25) is 0 Å². The second kappa shape index (κ2) is 5.34. The quantitative estimate of drug-likeness (QED) is 0.765. The number of nitrogens with zero attached hydrogens (tertiary/aromatic N) is 2. The molecule has 0 saturated carbocycles. The first-order valence-electron chi connectivity index (χ1n) is 6.07. The Morgan fingerprint density at radius 3 is 2.84 bits per heavy atom. The van der Waals surface area contributed by atoms with Crippen molar-refractivity contribution in [2.24, 2.45) is 5.73 Å². The maximum atomic E-state index is 6.16. The van der Waals surface area contributed by atoms with Crippen molar-refractivity contribution in [3.8, 4) is 0 Å². The van der Waals surface area contributed by atoms with Gasteiger partial charge in [-0.15, -0.1) is 11.3 Å². The van der Waals surface area contributed by atoms with Crippen molar-refractivity contribution in [2.75, 3.05) is 11.9 Å². The van der Waals surface area contributed by atoms with E-state index in [9.17, 15) is 0 Å². The fourth-order valence-corrected chi connectivity index (χ4v) is 2.69. The number of nitrogens with two attached hydrogens (primary N) is 1. The minimum absolute atomic E-state index is 0.0511. The summed E-state index contributed by atoms with van der Waals surface area (Å²) >= 11 is 1.61. The van der Waals surface area contributed by atoms with Crippen LogP contribution in [-0.2, 0) is 0 Å². The Labute approximate surface area is 115 Å². The summed E-state index contributed by atoms with van der Waals surface area (Å²) in [4.78, 5) is 9.49. The van der Waals surface area contributed by atoms with E-state index in [0.29, 0.717) is 6.54 Å². The molecule has 3 rings (SSSR count). The molecule has 1 unspecified atom stereocenters. The number of nitrogens with one attached hydrogen (secondary N) is 1. The average molecular weight is 270 g/mol. The summed E-state index contributed by atoms with van der Waals surface area (Å²) < 4.78 is 0. The van der Waals surface area contributed by atoms with Crippen molar-refractivity contribution >= 4 is 27.4 Å². The van der Waals surface area contributed by atoms with E-state index in [4.69, 9.17) is 5.73 Å². The molecule has 5 heteroatoms. The third kappa shape index (κ3) is 2.57. The van der Waals surface area contributed by atoms with Crippen LogP contribution in [-0.4, -0.2) is 16.5 Å². The minimum atomic E-state index is -0.0511. The summed E-state index contributed by atoms with van der Waals surface area (Å²) in [5.41, 5.74) is 7.28. The SMILES string of the molecule is NC(CNc1ncnc2sccc12)c1ccccc1. The first-order valence-corrected chi connectivity index (χ1v) is 6.95. The van der Waals surface area contributed by atoms with E-state index in [0.717, 1.165) is 21.6 Å². The van der Waals surface area contributed by atoms with Gasteiger partial charge in [0.05, 0.1) is 5.39 Å². The topological polar surface area (TPSA) is 63.8 Å². The summed E-state index contributed by atoms with van der Waals surface area (Å²) in [5.74, 6) is 0.845. The molecule has 2 heterocycles. The van der Waals surface area contributed by atoms with E-state index in [1.54, 1.807) is 17.7 Å². The number of aromatic nitrogens is 2. The lowest BCUT2D eigenvalue weighted by atomic mass is 10.1. The number of hydrogen-bond donors (Lipinski definition) is 2. The molecule has 2 aromatic heterocycles. The molecule has 0 aliphatic heterocycles. The molecule has 96 valence electrons. The molecule has 3 N–H and O–H groups in total. The molecule has 1 aromatic carbocycles. The standard InChI is InChI=1S/C14H14N4S/c15-12(10-4-2-1-3-5-10)8-16-13-11-6-7-19-14(11)18-9-17-13/h1-7,9,12H,8,15H2,(H,16,17,18). The highest BCUT2D eigenvalue weighted by Crippen LogP contribution is 2.24. The first kappa shape index (κ1) is 12.1. The normalized spacial score (nSPS) is 12.5. The van der Waals surface area contributed by atoms with Crippen LogP contribution in [0.5, 0.6) is 0 Å².